The number of halogens is 1. The Balaban J connectivity index is 2.48. The minimum Gasteiger partial charge on any atom is -0.389 e. The number of benzene rings is 1. The zero-order valence-electron chi connectivity index (χ0n) is 11.7. The highest BCUT2D eigenvalue weighted by molar-refractivity contribution is 7.80. The number of thiocarbonyl (C=S) groups is 1. The summed E-state index contributed by atoms with van der Waals surface area (Å²) in [7, 11) is 0. The molecule has 0 aliphatic heterocycles. The lowest BCUT2D eigenvalue weighted by molar-refractivity contribution is 0.592. The molecule has 0 aliphatic carbocycles. The zero-order valence-corrected chi connectivity index (χ0v) is 12.5. The van der Waals surface area contributed by atoms with E-state index >= 15 is 0 Å². The fourth-order valence-corrected chi connectivity index (χ4v) is 2.20. The summed E-state index contributed by atoms with van der Waals surface area (Å²) in [6, 6.07) is 5.24. The molecule has 1 atom stereocenters. The predicted molar refractivity (Wildman–Crippen MR) is 84.1 cm³/mol. The molecular weight excluding hydrogens is 259 g/mol. The van der Waals surface area contributed by atoms with Crippen molar-refractivity contribution in [3.05, 3.63) is 29.6 Å². The summed E-state index contributed by atoms with van der Waals surface area (Å²) in [5.74, 6) is -0.365. The quantitative estimate of drug-likeness (QED) is 0.553. The molecule has 0 aromatic heterocycles. The Kier molecular flexibility index (Phi) is 6.78. The van der Waals surface area contributed by atoms with Crippen LogP contribution in [0.25, 0.3) is 0 Å². The fourth-order valence-electron chi connectivity index (χ4n) is 2.04. The van der Waals surface area contributed by atoms with E-state index in [1.54, 1.807) is 6.07 Å². The summed E-state index contributed by atoms with van der Waals surface area (Å²) >= 11 is 4.78. The average Bonchev–Trinajstić information content (AvgIpc) is 2.34. The molecule has 0 fully saturated rings. The van der Waals surface area contributed by atoms with Gasteiger partial charge in [-0.3, -0.25) is 0 Å². The van der Waals surface area contributed by atoms with Crippen molar-refractivity contribution in [1.82, 2.24) is 0 Å². The molecule has 3 N–H and O–H groups in total. The first kappa shape index (κ1) is 15.9. The largest absolute Gasteiger partial charge is 0.389 e. The highest BCUT2D eigenvalue weighted by Gasteiger charge is 2.07. The third-order valence-electron chi connectivity index (χ3n) is 3.14. The number of nitrogens with one attached hydrogen (secondary N) is 1. The molecule has 0 amide bonds. The van der Waals surface area contributed by atoms with Gasteiger partial charge < -0.3 is 11.1 Å². The van der Waals surface area contributed by atoms with Gasteiger partial charge in [0.05, 0.1) is 0 Å². The minimum atomic E-state index is -0.365. The summed E-state index contributed by atoms with van der Waals surface area (Å²) in [6.07, 6.45) is 6.09. The van der Waals surface area contributed by atoms with Crippen molar-refractivity contribution in [1.29, 1.82) is 0 Å². The highest BCUT2D eigenvalue weighted by Crippen LogP contribution is 2.17. The molecule has 1 aromatic carbocycles. The van der Waals surface area contributed by atoms with Gasteiger partial charge in [-0.1, -0.05) is 44.8 Å². The van der Waals surface area contributed by atoms with Crippen molar-refractivity contribution in [3.63, 3.8) is 0 Å². The van der Waals surface area contributed by atoms with Gasteiger partial charge in [-0.2, -0.15) is 0 Å². The molecule has 1 aromatic rings. The van der Waals surface area contributed by atoms with Crippen LogP contribution in [-0.2, 0) is 0 Å². The van der Waals surface area contributed by atoms with Crippen LogP contribution in [0.2, 0.25) is 0 Å². The van der Waals surface area contributed by atoms with E-state index in [1.165, 1.54) is 31.7 Å². The van der Waals surface area contributed by atoms with Crippen LogP contribution in [0, 0.1) is 5.82 Å². The van der Waals surface area contributed by atoms with Crippen molar-refractivity contribution < 1.29 is 4.39 Å². The maximum atomic E-state index is 13.7. The molecule has 0 saturated carbocycles. The van der Waals surface area contributed by atoms with Crippen LogP contribution in [0.4, 0.5) is 10.1 Å². The van der Waals surface area contributed by atoms with E-state index in [-0.39, 0.29) is 10.8 Å². The molecule has 1 rings (SSSR count). The number of anilines is 1. The maximum Gasteiger partial charge on any atom is 0.135 e. The third kappa shape index (κ3) is 5.55. The first-order chi connectivity index (χ1) is 9.04. The van der Waals surface area contributed by atoms with Gasteiger partial charge in [-0.15, -0.1) is 0 Å². The number of unbranched alkanes of at least 4 members (excludes halogenated alkanes) is 3. The Hall–Kier alpha value is -1.16. The van der Waals surface area contributed by atoms with Gasteiger partial charge >= 0.3 is 0 Å². The molecule has 19 heavy (non-hydrogen) atoms. The topological polar surface area (TPSA) is 38.0 Å². The van der Waals surface area contributed by atoms with Crippen molar-refractivity contribution in [2.75, 3.05) is 5.32 Å². The van der Waals surface area contributed by atoms with Crippen LogP contribution in [0.5, 0.6) is 0 Å². The van der Waals surface area contributed by atoms with Gasteiger partial charge in [0, 0.05) is 17.3 Å². The molecular formula is C15H23FN2S. The molecule has 0 heterocycles. The molecule has 0 bridgehead atoms. The second kappa shape index (κ2) is 8.10. The van der Waals surface area contributed by atoms with Gasteiger partial charge in [0.15, 0.2) is 0 Å². The summed E-state index contributed by atoms with van der Waals surface area (Å²) in [5, 5.41) is 3.30. The third-order valence-corrected chi connectivity index (χ3v) is 3.36. The van der Waals surface area contributed by atoms with Crippen LogP contribution >= 0.6 is 12.2 Å². The second-order valence-corrected chi connectivity index (χ2v) is 5.39. The van der Waals surface area contributed by atoms with Crippen LogP contribution < -0.4 is 11.1 Å². The first-order valence-electron chi connectivity index (χ1n) is 6.90. The molecule has 0 radical (unpaired) electrons. The second-order valence-electron chi connectivity index (χ2n) is 4.95. The van der Waals surface area contributed by atoms with Crippen LogP contribution in [0.15, 0.2) is 18.2 Å². The number of nitrogens with two attached hydrogens (primary N) is 1. The van der Waals surface area contributed by atoms with Crippen LogP contribution in [0.3, 0.4) is 0 Å². The van der Waals surface area contributed by atoms with E-state index in [1.807, 2.05) is 6.07 Å². The number of hydrogen-bond acceptors (Lipinski definition) is 2. The van der Waals surface area contributed by atoms with Crippen molar-refractivity contribution in [2.24, 2.45) is 5.73 Å². The average molecular weight is 282 g/mol. The Morgan fingerprint density at radius 2 is 2.11 bits per heavy atom. The Morgan fingerprint density at radius 3 is 2.68 bits per heavy atom. The van der Waals surface area contributed by atoms with Gasteiger partial charge in [0.2, 0.25) is 0 Å². The molecule has 0 saturated heterocycles. The summed E-state index contributed by atoms with van der Waals surface area (Å²) in [6.45, 7) is 4.32. The zero-order chi connectivity index (χ0) is 14.3. The monoisotopic (exact) mass is 282 g/mol. The summed E-state index contributed by atoms with van der Waals surface area (Å²) < 4.78 is 13.7. The molecule has 2 nitrogen and oxygen atoms in total. The highest BCUT2D eigenvalue weighted by atomic mass is 32.1. The van der Waals surface area contributed by atoms with E-state index in [4.69, 9.17) is 18.0 Å². The molecule has 1 unspecified atom stereocenters. The fraction of sp³-hybridized carbons (Fsp3) is 0.533. The Bertz CT molecular complexity index is 421. The van der Waals surface area contributed by atoms with Gasteiger partial charge in [-0.25, -0.2) is 4.39 Å². The summed E-state index contributed by atoms with van der Waals surface area (Å²) in [5.41, 5.74) is 6.51. The van der Waals surface area contributed by atoms with Crippen LogP contribution in [0.1, 0.15) is 51.5 Å². The molecule has 0 spiro atoms. The lowest BCUT2D eigenvalue weighted by atomic mass is 10.1. The molecule has 4 heteroatoms. The number of rotatable bonds is 8. The maximum absolute atomic E-state index is 13.7. The normalized spacial score (nSPS) is 12.2. The van der Waals surface area contributed by atoms with Gasteiger partial charge in [-0.05, 0) is 31.5 Å². The van der Waals surface area contributed by atoms with Crippen molar-refractivity contribution in [3.8, 4) is 0 Å². The number of hydrogen-bond donors (Lipinski definition) is 2. The van der Waals surface area contributed by atoms with E-state index in [0.717, 1.165) is 12.1 Å². The van der Waals surface area contributed by atoms with Gasteiger partial charge in [0.25, 0.3) is 0 Å². The SMILES string of the molecule is CCCCCCC(C)Nc1ccc(C(N)=S)c(F)c1. The Labute approximate surface area is 120 Å². The standard InChI is InChI=1S/C15H23FN2S/c1-3-4-5-6-7-11(2)18-12-8-9-13(15(17)19)14(16)10-12/h8-11,18H,3-7H2,1-2H3,(H2,17,19). The molecule has 0 aliphatic rings. The predicted octanol–water partition coefficient (Wildman–Crippen LogP) is 4.23. The lowest BCUT2D eigenvalue weighted by Gasteiger charge is -2.15. The van der Waals surface area contributed by atoms with Gasteiger partial charge in [0.1, 0.15) is 10.8 Å². The Morgan fingerprint density at radius 1 is 1.37 bits per heavy atom. The van der Waals surface area contributed by atoms with E-state index in [9.17, 15) is 4.39 Å². The first-order valence-corrected chi connectivity index (χ1v) is 7.31. The van der Waals surface area contributed by atoms with Crippen molar-refractivity contribution in [2.45, 2.75) is 52.0 Å². The van der Waals surface area contributed by atoms with E-state index in [0.29, 0.717) is 11.6 Å². The summed E-state index contributed by atoms with van der Waals surface area (Å²) in [4.78, 5) is 0.0941. The van der Waals surface area contributed by atoms with E-state index in [2.05, 4.69) is 19.2 Å². The van der Waals surface area contributed by atoms with E-state index < -0.39 is 0 Å². The van der Waals surface area contributed by atoms with Crippen LogP contribution in [-0.4, -0.2) is 11.0 Å². The smallest absolute Gasteiger partial charge is 0.135 e. The minimum absolute atomic E-state index is 0.0941. The lowest BCUT2D eigenvalue weighted by Crippen LogP contribution is -2.16. The molecule has 106 valence electrons. The van der Waals surface area contributed by atoms with Crippen molar-refractivity contribution >= 4 is 22.9 Å².